The summed E-state index contributed by atoms with van der Waals surface area (Å²) >= 11 is 2.63. The third kappa shape index (κ3) is 2.63. The Hall–Kier alpha value is -2.98. The molecule has 0 unspecified atom stereocenters. The summed E-state index contributed by atoms with van der Waals surface area (Å²) in [5.74, 6) is 1.88. The lowest BCUT2D eigenvalue weighted by Crippen LogP contribution is -2.20. The number of amides is 1. The van der Waals surface area contributed by atoms with Crippen molar-refractivity contribution in [3.63, 3.8) is 0 Å². The van der Waals surface area contributed by atoms with Gasteiger partial charge in [-0.3, -0.25) is 19.5 Å². The summed E-state index contributed by atoms with van der Waals surface area (Å²) in [7, 11) is 0. The molecule has 0 saturated carbocycles. The average molecular weight is 441 g/mol. The Labute approximate surface area is 178 Å². The van der Waals surface area contributed by atoms with Gasteiger partial charge in [0, 0.05) is 25.1 Å². The van der Waals surface area contributed by atoms with Gasteiger partial charge < -0.3 is 9.47 Å². The van der Waals surface area contributed by atoms with Crippen LogP contribution in [0.15, 0.2) is 16.9 Å². The van der Waals surface area contributed by atoms with Crippen molar-refractivity contribution >= 4 is 54.1 Å². The van der Waals surface area contributed by atoms with Crippen molar-refractivity contribution < 1.29 is 14.3 Å². The van der Waals surface area contributed by atoms with Crippen LogP contribution < -0.4 is 20.3 Å². The molecule has 0 saturated heterocycles. The highest BCUT2D eigenvalue weighted by atomic mass is 32.1. The van der Waals surface area contributed by atoms with Crippen molar-refractivity contribution in [2.24, 2.45) is 0 Å². The molecule has 0 atom stereocenters. The first-order chi connectivity index (χ1) is 14.6. The number of rotatable bonds is 2. The average Bonchev–Trinajstić information content (AvgIpc) is 3.43. The van der Waals surface area contributed by atoms with Crippen molar-refractivity contribution in [1.82, 2.24) is 14.5 Å². The molecule has 0 aliphatic carbocycles. The van der Waals surface area contributed by atoms with Gasteiger partial charge in [-0.2, -0.15) is 0 Å². The number of thiophene rings is 1. The molecule has 8 nitrogen and oxygen atoms in total. The number of nitrogens with zero attached hydrogens (tertiary/aromatic N) is 3. The molecular weight excluding hydrogens is 424 g/mol. The van der Waals surface area contributed by atoms with E-state index in [9.17, 15) is 9.59 Å². The number of anilines is 1. The number of thiazole rings is 1. The van der Waals surface area contributed by atoms with Crippen molar-refractivity contribution in [1.29, 1.82) is 0 Å². The zero-order valence-electron chi connectivity index (χ0n) is 16.0. The molecule has 5 heterocycles. The Bertz CT molecular complexity index is 1380. The van der Waals surface area contributed by atoms with Crippen molar-refractivity contribution in [3.8, 4) is 11.5 Å². The first-order valence-electron chi connectivity index (χ1n) is 9.63. The summed E-state index contributed by atoms with van der Waals surface area (Å²) in [6.45, 7) is 3.52. The van der Waals surface area contributed by atoms with Crippen LogP contribution in [0.25, 0.3) is 20.4 Å². The van der Waals surface area contributed by atoms with Crippen LogP contribution >= 0.6 is 22.7 Å². The minimum Gasteiger partial charge on any atom is -0.486 e. The molecule has 10 heteroatoms. The Morgan fingerprint density at radius 1 is 1.17 bits per heavy atom. The molecule has 3 aromatic heterocycles. The number of carbonyl (C=O) groups is 1. The van der Waals surface area contributed by atoms with Gasteiger partial charge in [-0.15, -0.1) is 11.3 Å². The predicted octanol–water partition coefficient (Wildman–Crippen LogP) is 3.35. The number of hydrogen-bond donors (Lipinski definition) is 1. The van der Waals surface area contributed by atoms with E-state index < -0.39 is 0 Å². The lowest BCUT2D eigenvalue weighted by atomic mass is 10.2. The van der Waals surface area contributed by atoms with Gasteiger partial charge in [0.05, 0.1) is 20.5 Å². The molecule has 2 aliphatic rings. The highest BCUT2D eigenvalue weighted by Gasteiger charge is 2.24. The van der Waals surface area contributed by atoms with Crippen LogP contribution in [0.1, 0.15) is 27.5 Å². The lowest BCUT2D eigenvalue weighted by molar-refractivity contribution is 0.103. The summed E-state index contributed by atoms with van der Waals surface area (Å²) < 4.78 is 13.8. The number of aryl methyl sites for hydroxylation is 2. The van der Waals surface area contributed by atoms with E-state index in [1.54, 1.807) is 11.5 Å². The number of ether oxygens (including phenoxy) is 2. The quantitative estimate of drug-likeness (QED) is 0.514. The van der Waals surface area contributed by atoms with Crippen LogP contribution in [0.5, 0.6) is 11.5 Å². The van der Waals surface area contributed by atoms with E-state index in [2.05, 4.69) is 15.3 Å². The highest BCUT2D eigenvalue weighted by Crippen LogP contribution is 2.38. The first-order valence-corrected chi connectivity index (χ1v) is 11.3. The second-order valence-electron chi connectivity index (χ2n) is 7.26. The molecular formula is C20H16N4O4S2. The second-order valence-corrected chi connectivity index (χ2v) is 9.29. The summed E-state index contributed by atoms with van der Waals surface area (Å²) in [6, 6.07) is 3.71. The molecule has 1 aromatic carbocycles. The van der Waals surface area contributed by atoms with E-state index >= 15 is 0 Å². The van der Waals surface area contributed by atoms with Gasteiger partial charge >= 0.3 is 0 Å². The van der Waals surface area contributed by atoms with Gasteiger partial charge in [0.25, 0.3) is 11.5 Å². The summed E-state index contributed by atoms with van der Waals surface area (Å²) in [5.41, 5.74) is 1.36. The van der Waals surface area contributed by atoms with E-state index in [0.717, 1.165) is 28.9 Å². The maximum absolute atomic E-state index is 13.0. The minimum atomic E-state index is -0.281. The van der Waals surface area contributed by atoms with Crippen LogP contribution in [-0.2, 0) is 13.0 Å². The zero-order valence-corrected chi connectivity index (χ0v) is 17.6. The van der Waals surface area contributed by atoms with Gasteiger partial charge in [0.1, 0.15) is 23.9 Å². The fraction of sp³-hybridized carbons (Fsp3) is 0.300. The topological polar surface area (TPSA) is 95.3 Å². The molecule has 4 aromatic rings. The molecule has 0 bridgehead atoms. The first kappa shape index (κ1) is 17.8. The molecule has 30 heavy (non-hydrogen) atoms. The van der Waals surface area contributed by atoms with Gasteiger partial charge in [-0.25, -0.2) is 9.97 Å². The van der Waals surface area contributed by atoms with Crippen molar-refractivity contribution in [3.05, 3.63) is 38.8 Å². The van der Waals surface area contributed by atoms with Gasteiger partial charge in [-0.1, -0.05) is 11.3 Å². The van der Waals surface area contributed by atoms with Crippen molar-refractivity contribution in [2.75, 3.05) is 18.5 Å². The standard InChI is InChI=1S/C20H16N4O4S2/c1-9-15-18(22-14-3-2-4-24(14)19(15)26)30-16(9)17(25)23-20-21-10-7-11-12(8-13(10)29-20)28-6-5-27-11/h7-8H,2-6H2,1H3,(H,21,23,25). The van der Waals surface area contributed by atoms with E-state index in [-0.39, 0.29) is 11.5 Å². The number of fused-ring (bicyclic) bond motifs is 4. The summed E-state index contributed by atoms with van der Waals surface area (Å²) in [5, 5.41) is 3.91. The largest absolute Gasteiger partial charge is 0.486 e. The normalized spacial score (nSPS) is 15.0. The van der Waals surface area contributed by atoms with E-state index in [0.29, 0.717) is 57.0 Å². The maximum Gasteiger partial charge on any atom is 0.267 e. The molecule has 152 valence electrons. The second kappa shape index (κ2) is 6.51. The Morgan fingerprint density at radius 3 is 2.80 bits per heavy atom. The Morgan fingerprint density at radius 2 is 1.97 bits per heavy atom. The molecule has 6 rings (SSSR count). The van der Waals surface area contributed by atoms with Crippen LogP contribution in [0.4, 0.5) is 5.13 Å². The number of carbonyl (C=O) groups excluding carboxylic acids is 1. The third-order valence-electron chi connectivity index (χ3n) is 5.39. The number of aromatic nitrogens is 3. The number of benzene rings is 1. The van der Waals surface area contributed by atoms with Crippen LogP contribution in [0.3, 0.4) is 0 Å². The van der Waals surface area contributed by atoms with E-state index in [4.69, 9.17) is 9.47 Å². The van der Waals surface area contributed by atoms with Gasteiger partial charge in [0.2, 0.25) is 0 Å². The van der Waals surface area contributed by atoms with Gasteiger partial charge in [0.15, 0.2) is 16.6 Å². The number of hydrogen-bond acceptors (Lipinski definition) is 8. The van der Waals surface area contributed by atoms with Crippen molar-refractivity contribution in [2.45, 2.75) is 26.3 Å². The monoisotopic (exact) mass is 440 g/mol. The molecule has 0 radical (unpaired) electrons. The lowest BCUT2D eigenvalue weighted by Gasteiger charge is -2.17. The minimum absolute atomic E-state index is 0.0501. The molecule has 1 amide bonds. The third-order valence-corrected chi connectivity index (χ3v) is 7.51. The van der Waals surface area contributed by atoms with E-state index in [1.807, 2.05) is 12.1 Å². The Balaban J connectivity index is 1.36. The molecule has 0 fully saturated rings. The van der Waals surface area contributed by atoms with Gasteiger partial charge in [-0.05, 0) is 18.9 Å². The predicted molar refractivity (Wildman–Crippen MR) is 116 cm³/mol. The highest BCUT2D eigenvalue weighted by molar-refractivity contribution is 7.23. The zero-order chi connectivity index (χ0) is 20.4. The smallest absolute Gasteiger partial charge is 0.267 e. The van der Waals surface area contributed by atoms with E-state index in [1.165, 1.54) is 22.7 Å². The van der Waals surface area contributed by atoms with Crippen LogP contribution in [0.2, 0.25) is 0 Å². The SMILES string of the molecule is Cc1c(C(=O)Nc2nc3cc4c(cc3s2)OCCO4)sc2nc3n(c(=O)c12)CCC3. The Kier molecular flexibility index (Phi) is 3.87. The maximum atomic E-state index is 13.0. The fourth-order valence-electron chi connectivity index (χ4n) is 3.96. The molecule has 2 aliphatic heterocycles. The van der Waals surface area contributed by atoms with Crippen LogP contribution in [0, 0.1) is 6.92 Å². The summed E-state index contributed by atoms with van der Waals surface area (Å²) in [6.07, 6.45) is 1.73. The summed E-state index contributed by atoms with van der Waals surface area (Å²) in [4.78, 5) is 36.1. The molecule has 1 N–H and O–H groups in total. The van der Waals surface area contributed by atoms with Crippen LogP contribution in [-0.4, -0.2) is 33.7 Å². The molecule has 0 spiro atoms. The number of nitrogens with one attached hydrogen (secondary N) is 1. The fourth-order valence-corrected chi connectivity index (χ4v) is 5.92.